The molecule has 0 rings (SSSR count). The van der Waals surface area contributed by atoms with E-state index in [1.807, 2.05) is 11.4 Å². The highest BCUT2D eigenvalue weighted by Crippen LogP contribution is 2.14. The number of carbonyl (C=O) groups excluding carboxylic acids is 1. The smallest absolute Gasteiger partial charge is 0.348 e. The first-order chi connectivity index (χ1) is 8.48. The fraction of sp³-hybridized carbons (Fsp3) is 0.769. The first-order valence-corrected chi connectivity index (χ1v) is 6.44. The lowest BCUT2D eigenvalue weighted by Gasteiger charge is -2.07. The molecule has 2 nitrogen and oxygen atoms in total. The summed E-state index contributed by atoms with van der Waals surface area (Å²) in [4.78, 5) is 10.5. The van der Waals surface area contributed by atoms with E-state index < -0.39 is 12.1 Å². The first kappa shape index (κ1) is 17.0. The van der Waals surface area contributed by atoms with Gasteiger partial charge in [-0.25, -0.2) is 0 Å². The summed E-state index contributed by atoms with van der Waals surface area (Å²) in [6.07, 6.45) is 5.26. The highest BCUT2D eigenvalue weighted by Gasteiger charge is 2.38. The number of hydrogen-bond acceptors (Lipinski definition) is 1. The Bertz CT molecular complexity index is 239. The van der Waals surface area contributed by atoms with E-state index in [0.29, 0.717) is 6.42 Å². The molecule has 0 spiro atoms. The third-order valence-corrected chi connectivity index (χ3v) is 2.63. The summed E-state index contributed by atoms with van der Waals surface area (Å²) >= 11 is 0. The van der Waals surface area contributed by atoms with Crippen molar-refractivity contribution >= 4 is 5.91 Å². The van der Waals surface area contributed by atoms with Crippen molar-refractivity contribution < 1.29 is 18.0 Å². The summed E-state index contributed by atoms with van der Waals surface area (Å²) in [6.45, 7) is 3.75. The van der Waals surface area contributed by atoms with Crippen LogP contribution in [0.1, 0.15) is 51.4 Å². The molecule has 1 amide bonds. The molecular formula is C13H22F3NO. The van der Waals surface area contributed by atoms with E-state index in [1.165, 1.54) is 6.42 Å². The van der Waals surface area contributed by atoms with Crippen LogP contribution in [0.15, 0.2) is 12.7 Å². The summed E-state index contributed by atoms with van der Waals surface area (Å²) < 4.78 is 35.4. The summed E-state index contributed by atoms with van der Waals surface area (Å²) in [5, 5.41) is 1.87. The predicted octanol–water partition coefficient (Wildman–Crippen LogP) is 3.97. The van der Waals surface area contributed by atoms with E-state index in [9.17, 15) is 18.0 Å². The number of hydrogen-bond donors (Lipinski definition) is 1. The molecule has 0 aliphatic rings. The normalized spacial score (nSPS) is 11.3. The third kappa shape index (κ3) is 10.2. The second-order valence-corrected chi connectivity index (χ2v) is 4.31. The molecule has 0 aliphatic heterocycles. The molecule has 0 fully saturated rings. The van der Waals surface area contributed by atoms with Crippen molar-refractivity contribution in [1.29, 1.82) is 0 Å². The van der Waals surface area contributed by atoms with E-state index >= 15 is 0 Å². The van der Waals surface area contributed by atoms with E-state index in [0.717, 1.165) is 38.5 Å². The minimum Gasteiger partial charge on any atom is -0.348 e. The first-order valence-electron chi connectivity index (χ1n) is 6.44. The summed E-state index contributed by atoms with van der Waals surface area (Å²) in [7, 11) is 0. The fourth-order valence-corrected chi connectivity index (χ4v) is 1.60. The lowest BCUT2D eigenvalue weighted by atomic mass is 10.1. The van der Waals surface area contributed by atoms with Gasteiger partial charge in [-0.1, -0.05) is 38.2 Å². The van der Waals surface area contributed by atoms with Crippen molar-refractivity contribution in [1.82, 2.24) is 5.32 Å². The van der Waals surface area contributed by atoms with Gasteiger partial charge in [0, 0.05) is 6.54 Å². The van der Waals surface area contributed by atoms with Crippen LogP contribution < -0.4 is 5.32 Å². The number of amides is 1. The van der Waals surface area contributed by atoms with Crippen molar-refractivity contribution in [3.63, 3.8) is 0 Å². The van der Waals surface area contributed by atoms with Crippen LogP contribution in [0.3, 0.4) is 0 Å². The zero-order chi connectivity index (χ0) is 13.9. The number of carbonyl (C=O) groups is 1. The summed E-state index contributed by atoms with van der Waals surface area (Å²) in [5.41, 5.74) is 0. The Hall–Kier alpha value is -1.00. The number of rotatable bonds is 10. The molecule has 0 aliphatic carbocycles. The third-order valence-electron chi connectivity index (χ3n) is 2.63. The van der Waals surface area contributed by atoms with Crippen LogP contribution in [-0.4, -0.2) is 18.6 Å². The van der Waals surface area contributed by atoms with Gasteiger partial charge in [-0.3, -0.25) is 4.79 Å². The Morgan fingerprint density at radius 3 is 2.00 bits per heavy atom. The highest BCUT2D eigenvalue weighted by molar-refractivity contribution is 5.81. The standard InChI is InChI=1S/C13H22F3NO/c1-2-3-4-5-6-7-8-9-10-11-17-12(18)13(14,15)16/h2H,1,3-11H2,(H,17,18). The lowest BCUT2D eigenvalue weighted by Crippen LogP contribution is -2.37. The molecule has 5 heteroatoms. The van der Waals surface area contributed by atoms with Crippen LogP contribution in [-0.2, 0) is 4.79 Å². The van der Waals surface area contributed by atoms with Gasteiger partial charge in [0.25, 0.3) is 0 Å². The van der Waals surface area contributed by atoms with Gasteiger partial charge in [-0.05, 0) is 19.3 Å². The van der Waals surface area contributed by atoms with Crippen LogP contribution in [0.25, 0.3) is 0 Å². The Morgan fingerprint density at radius 2 is 1.50 bits per heavy atom. The number of nitrogens with one attached hydrogen (secondary N) is 1. The molecule has 0 aromatic heterocycles. The number of unbranched alkanes of at least 4 members (excludes halogenated alkanes) is 7. The van der Waals surface area contributed by atoms with Crippen LogP contribution >= 0.6 is 0 Å². The molecular weight excluding hydrogens is 243 g/mol. The van der Waals surface area contributed by atoms with Crippen molar-refractivity contribution in [2.24, 2.45) is 0 Å². The van der Waals surface area contributed by atoms with Crippen LogP contribution in [0.4, 0.5) is 13.2 Å². The van der Waals surface area contributed by atoms with Gasteiger partial charge in [0.2, 0.25) is 0 Å². The van der Waals surface area contributed by atoms with Gasteiger partial charge in [-0.15, -0.1) is 6.58 Å². The largest absolute Gasteiger partial charge is 0.471 e. The van der Waals surface area contributed by atoms with E-state index in [-0.39, 0.29) is 6.54 Å². The van der Waals surface area contributed by atoms with E-state index in [1.54, 1.807) is 0 Å². The van der Waals surface area contributed by atoms with Crippen LogP contribution in [0.2, 0.25) is 0 Å². The molecule has 0 atom stereocenters. The van der Waals surface area contributed by atoms with Gasteiger partial charge >= 0.3 is 12.1 Å². The molecule has 106 valence electrons. The summed E-state index contributed by atoms with van der Waals surface area (Å²) in [6, 6.07) is 0. The van der Waals surface area contributed by atoms with Gasteiger partial charge < -0.3 is 5.32 Å². The Morgan fingerprint density at radius 1 is 1.00 bits per heavy atom. The lowest BCUT2D eigenvalue weighted by molar-refractivity contribution is -0.173. The second kappa shape index (κ2) is 9.97. The Kier molecular flexibility index (Phi) is 9.42. The Labute approximate surface area is 107 Å². The number of allylic oxidation sites excluding steroid dienone is 1. The number of halogens is 3. The zero-order valence-corrected chi connectivity index (χ0v) is 10.7. The molecule has 0 saturated heterocycles. The molecule has 0 unspecified atom stereocenters. The Balaban J connectivity index is 3.21. The molecule has 18 heavy (non-hydrogen) atoms. The van der Waals surface area contributed by atoms with Gasteiger partial charge in [0.15, 0.2) is 0 Å². The fourth-order valence-electron chi connectivity index (χ4n) is 1.60. The van der Waals surface area contributed by atoms with Crippen molar-refractivity contribution in [2.75, 3.05) is 6.54 Å². The zero-order valence-electron chi connectivity index (χ0n) is 10.7. The molecule has 0 aromatic carbocycles. The minimum absolute atomic E-state index is 0.106. The van der Waals surface area contributed by atoms with Crippen molar-refractivity contribution in [3.05, 3.63) is 12.7 Å². The maximum Gasteiger partial charge on any atom is 0.471 e. The van der Waals surface area contributed by atoms with Crippen molar-refractivity contribution in [2.45, 2.75) is 57.5 Å². The molecule has 1 N–H and O–H groups in total. The SMILES string of the molecule is C=CCCCCCCCCCNC(=O)C(F)(F)F. The second-order valence-electron chi connectivity index (χ2n) is 4.31. The molecule has 0 saturated carbocycles. The quantitative estimate of drug-likeness (QED) is 0.470. The predicted molar refractivity (Wildman–Crippen MR) is 66.2 cm³/mol. The maximum absolute atomic E-state index is 11.8. The van der Waals surface area contributed by atoms with Crippen molar-refractivity contribution in [3.8, 4) is 0 Å². The highest BCUT2D eigenvalue weighted by atomic mass is 19.4. The van der Waals surface area contributed by atoms with Gasteiger partial charge in [-0.2, -0.15) is 13.2 Å². The van der Waals surface area contributed by atoms with E-state index in [2.05, 4.69) is 6.58 Å². The minimum atomic E-state index is -4.76. The topological polar surface area (TPSA) is 29.1 Å². The van der Waals surface area contributed by atoms with E-state index in [4.69, 9.17) is 0 Å². The van der Waals surface area contributed by atoms with Crippen LogP contribution in [0.5, 0.6) is 0 Å². The van der Waals surface area contributed by atoms with Gasteiger partial charge in [0.05, 0.1) is 0 Å². The van der Waals surface area contributed by atoms with Crippen LogP contribution in [0, 0.1) is 0 Å². The van der Waals surface area contributed by atoms with Gasteiger partial charge in [0.1, 0.15) is 0 Å². The average Bonchev–Trinajstić information content (AvgIpc) is 2.30. The number of alkyl halides is 3. The monoisotopic (exact) mass is 265 g/mol. The summed E-state index contributed by atoms with van der Waals surface area (Å²) in [5.74, 6) is -1.84. The molecule has 0 aromatic rings. The average molecular weight is 265 g/mol. The molecule has 0 bridgehead atoms. The maximum atomic E-state index is 11.8. The molecule has 0 radical (unpaired) electrons. The molecule has 0 heterocycles.